The van der Waals surface area contributed by atoms with E-state index in [9.17, 15) is 0 Å². The number of halogens is 1. The Morgan fingerprint density at radius 3 is 2.75 bits per heavy atom. The summed E-state index contributed by atoms with van der Waals surface area (Å²) in [5, 5.41) is 0.650. The Morgan fingerprint density at radius 1 is 1.18 bits per heavy atom. The molecule has 0 atom stereocenters. The van der Waals surface area contributed by atoms with E-state index in [0.29, 0.717) is 17.3 Å². The lowest BCUT2D eigenvalue weighted by molar-refractivity contribution is 0.200. The van der Waals surface area contributed by atoms with Gasteiger partial charge in [0, 0.05) is 17.0 Å². The highest BCUT2D eigenvalue weighted by Crippen LogP contribution is 2.33. The van der Waals surface area contributed by atoms with Crippen LogP contribution in [0, 0.1) is 0 Å². The Balaban J connectivity index is 1.62. The van der Waals surface area contributed by atoms with Crippen LogP contribution in [0.5, 0.6) is 11.5 Å². The number of hydrogen-bond donors (Lipinski definition) is 0. The second kappa shape index (κ2) is 8.27. The minimum Gasteiger partial charge on any atom is -0.493 e. The summed E-state index contributed by atoms with van der Waals surface area (Å²) in [6, 6.07) is 9.73. The van der Waals surface area contributed by atoms with Gasteiger partial charge in [-0.25, -0.2) is 4.98 Å². The van der Waals surface area contributed by atoms with Crippen LogP contribution >= 0.6 is 11.6 Å². The van der Waals surface area contributed by atoms with E-state index in [2.05, 4.69) is 4.98 Å². The van der Waals surface area contributed by atoms with E-state index in [1.54, 1.807) is 7.11 Å². The first-order valence-electron chi connectivity index (χ1n) is 9.71. The number of hydrogen-bond acceptors (Lipinski definition) is 4. The van der Waals surface area contributed by atoms with Gasteiger partial charge in [-0.15, -0.1) is 0 Å². The van der Waals surface area contributed by atoms with Crippen molar-refractivity contribution in [3.63, 3.8) is 0 Å². The fourth-order valence-corrected chi connectivity index (χ4v) is 3.95. The Bertz CT molecular complexity index is 1000. The van der Waals surface area contributed by atoms with E-state index in [0.717, 1.165) is 46.6 Å². The summed E-state index contributed by atoms with van der Waals surface area (Å²) in [4.78, 5) is 4.63. The molecule has 0 saturated heterocycles. The fraction of sp³-hybridized carbons (Fsp3) is 0.348. The smallest absolute Gasteiger partial charge is 0.199 e. The summed E-state index contributed by atoms with van der Waals surface area (Å²) in [7, 11) is 1.67. The third-order valence-electron chi connectivity index (χ3n) is 5.05. The molecular weight excluding hydrogens is 374 g/mol. The van der Waals surface area contributed by atoms with Crippen molar-refractivity contribution in [1.82, 2.24) is 4.98 Å². The van der Waals surface area contributed by atoms with Crippen LogP contribution in [0.3, 0.4) is 0 Å². The van der Waals surface area contributed by atoms with Crippen molar-refractivity contribution >= 4 is 28.8 Å². The summed E-state index contributed by atoms with van der Waals surface area (Å²) < 4.78 is 17.7. The molecule has 4 nitrogen and oxygen atoms in total. The molecule has 28 heavy (non-hydrogen) atoms. The van der Waals surface area contributed by atoms with Crippen molar-refractivity contribution in [2.75, 3.05) is 7.11 Å². The molecule has 0 aliphatic heterocycles. The topological polar surface area (TPSA) is 44.5 Å². The maximum Gasteiger partial charge on any atom is 0.199 e. The third kappa shape index (κ3) is 4.02. The van der Waals surface area contributed by atoms with E-state index in [4.69, 9.17) is 25.5 Å². The molecule has 4 rings (SSSR count). The Hall–Kier alpha value is -2.46. The predicted molar refractivity (Wildman–Crippen MR) is 112 cm³/mol. The van der Waals surface area contributed by atoms with Crippen molar-refractivity contribution in [3.05, 3.63) is 58.4 Å². The van der Waals surface area contributed by atoms with Crippen molar-refractivity contribution in [3.8, 4) is 11.5 Å². The Morgan fingerprint density at radius 2 is 2.00 bits per heavy atom. The van der Waals surface area contributed by atoms with E-state index >= 15 is 0 Å². The largest absolute Gasteiger partial charge is 0.493 e. The molecule has 1 aliphatic carbocycles. The van der Waals surface area contributed by atoms with E-state index in [1.165, 1.54) is 12.8 Å². The number of benzene rings is 2. The van der Waals surface area contributed by atoms with Gasteiger partial charge in [-0.3, -0.25) is 0 Å². The van der Waals surface area contributed by atoms with Gasteiger partial charge >= 0.3 is 0 Å². The molecule has 0 N–H and O–H groups in total. The van der Waals surface area contributed by atoms with Crippen LogP contribution in [-0.2, 0) is 6.42 Å². The first-order valence-corrected chi connectivity index (χ1v) is 10.1. The molecule has 1 aliphatic rings. The average Bonchev–Trinajstić information content (AvgIpc) is 3.32. The van der Waals surface area contributed by atoms with Crippen LogP contribution in [-0.4, -0.2) is 18.2 Å². The average molecular weight is 398 g/mol. The van der Waals surface area contributed by atoms with Crippen LogP contribution in [0.15, 0.2) is 40.8 Å². The third-order valence-corrected chi connectivity index (χ3v) is 5.27. The van der Waals surface area contributed by atoms with Crippen LogP contribution in [0.2, 0.25) is 5.02 Å². The molecule has 0 radical (unpaired) electrons. The minimum absolute atomic E-state index is 0.277. The number of methoxy groups -OCH3 is 1. The maximum atomic E-state index is 6.22. The highest BCUT2D eigenvalue weighted by Gasteiger charge is 2.19. The summed E-state index contributed by atoms with van der Waals surface area (Å²) in [5.41, 5.74) is 3.53. The molecule has 0 bridgehead atoms. The minimum atomic E-state index is 0.277. The zero-order valence-corrected chi connectivity index (χ0v) is 17.0. The zero-order chi connectivity index (χ0) is 19.5. The number of oxazole rings is 1. The lowest BCUT2D eigenvalue weighted by Crippen LogP contribution is -2.11. The molecule has 2 aromatic carbocycles. The lowest BCUT2D eigenvalue weighted by Gasteiger charge is -2.16. The second-order valence-electron chi connectivity index (χ2n) is 7.14. The maximum absolute atomic E-state index is 6.22. The molecule has 0 amide bonds. The normalized spacial score (nSPS) is 15.0. The standard InChI is InChI=1S/C23H24ClNO3/c1-3-6-16-13-17(24)14-19-23(16)28-22(25-19)12-15-9-10-20(26-2)21(11-15)27-18-7-4-5-8-18/h3,6,9-11,13-14,18H,4-5,7-8,12H2,1-2H3/b6-3+. The quantitative estimate of drug-likeness (QED) is 0.480. The van der Waals surface area contributed by atoms with Crippen molar-refractivity contribution < 1.29 is 13.9 Å². The van der Waals surface area contributed by atoms with E-state index in [1.807, 2.05) is 49.4 Å². The number of ether oxygens (including phenoxy) is 2. The van der Waals surface area contributed by atoms with Gasteiger partial charge < -0.3 is 13.9 Å². The van der Waals surface area contributed by atoms with Crippen LogP contribution in [0.4, 0.5) is 0 Å². The van der Waals surface area contributed by atoms with Crippen LogP contribution in [0.25, 0.3) is 17.2 Å². The van der Waals surface area contributed by atoms with Crippen LogP contribution in [0.1, 0.15) is 49.6 Å². The lowest BCUT2D eigenvalue weighted by atomic mass is 10.1. The van der Waals surface area contributed by atoms with Gasteiger partial charge in [-0.1, -0.05) is 29.8 Å². The summed E-state index contributed by atoms with van der Waals surface area (Å²) in [6.07, 6.45) is 9.46. The molecule has 1 fully saturated rings. The SMILES string of the molecule is C/C=C/c1cc(Cl)cc2nc(Cc3ccc(OC)c(OC4CCCC4)c3)oc12. The first kappa shape index (κ1) is 18.9. The molecule has 1 aromatic heterocycles. The number of allylic oxidation sites excluding steroid dienone is 1. The monoisotopic (exact) mass is 397 g/mol. The number of fused-ring (bicyclic) bond motifs is 1. The van der Waals surface area contributed by atoms with Gasteiger partial charge in [0.25, 0.3) is 0 Å². The Labute approximate surface area is 170 Å². The molecule has 3 aromatic rings. The van der Waals surface area contributed by atoms with Gasteiger partial charge in [0.2, 0.25) is 0 Å². The predicted octanol–water partition coefficient (Wildman–Crippen LogP) is 6.44. The van der Waals surface area contributed by atoms with Crippen LogP contribution < -0.4 is 9.47 Å². The molecule has 0 spiro atoms. The number of nitrogens with zero attached hydrogens (tertiary/aromatic N) is 1. The van der Waals surface area contributed by atoms with Crippen molar-refractivity contribution in [2.24, 2.45) is 0 Å². The second-order valence-corrected chi connectivity index (χ2v) is 7.57. The van der Waals surface area contributed by atoms with Gasteiger partial charge in [-0.2, -0.15) is 0 Å². The Kier molecular flexibility index (Phi) is 5.58. The first-order chi connectivity index (χ1) is 13.7. The van der Waals surface area contributed by atoms with Gasteiger partial charge in [0.05, 0.1) is 13.2 Å². The van der Waals surface area contributed by atoms with Gasteiger partial charge in [0.15, 0.2) is 23.0 Å². The van der Waals surface area contributed by atoms with E-state index < -0.39 is 0 Å². The molecule has 146 valence electrons. The highest BCUT2D eigenvalue weighted by molar-refractivity contribution is 6.31. The van der Waals surface area contributed by atoms with Gasteiger partial charge in [0.1, 0.15) is 5.52 Å². The summed E-state index contributed by atoms with van der Waals surface area (Å²) in [6.45, 7) is 1.97. The van der Waals surface area contributed by atoms with Gasteiger partial charge in [-0.05, 0) is 62.4 Å². The summed E-state index contributed by atoms with van der Waals surface area (Å²) in [5.74, 6) is 2.20. The summed E-state index contributed by atoms with van der Waals surface area (Å²) >= 11 is 6.22. The number of aromatic nitrogens is 1. The highest BCUT2D eigenvalue weighted by atomic mass is 35.5. The van der Waals surface area contributed by atoms with Crippen molar-refractivity contribution in [1.29, 1.82) is 0 Å². The molecule has 1 saturated carbocycles. The van der Waals surface area contributed by atoms with Crippen molar-refractivity contribution in [2.45, 2.75) is 45.1 Å². The molecule has 0 unspecified atom stereocenters. The zero-order valence-electron chi connectivity index (χ0n) is 16.2. The molecule has 1 heterocycles. The van der Waals surface area contributed by atoms with E-state index in [-0.39, 0.29) is 6.10 Å². The molecule has 5 heteroatoms. The molecular formula is C23H24ClNO3. The number of rotatable bonds is 6. The fourth-order valence-electron chi connectivity index (χ4n) is 3.73.